The number of aryl methyl sites for hydroxylation is 1. The molecule has 0 amide bonds. The zero-order chi connectivity index (χ0) is 21.6. The first kappa shape index (κ1) is 21.9. The monoisotopic (exact) mass is 426 g/mol. The normalized spacial score (nSPS) is 12.4. The average Bonchev–Trinajstić information content (AvgIpc) is 2.77. The number of rotatable bonds is 9. The van der Waals surface area contributed by atoms with Crippen molar-refractivity contribution in [2.24, 2.45) is 0 Å². The minimum atomic E-state index is -4.16. The van der Waals surface area contributed by atoms with Crippen LogP contribution in [0.2, 0.25) is 0 Å². The third-order valence-corrected chi connectivity index (χ3v) is 6.07. The fraction of sp³-hybridized carbons (Fsp3) is 0.250. The van der Waals surface area contributed by atoms with Gasteiger partial charge < -0.3 is 9.47 Å². The number of ether oxygens (including phenoxy) is 2. The van der Waals surface area contributed by atoms with Gasteiger partial charge in [-0.1, -0.05) is 48.5 Å². The lowest BCUT2D eigenvalue weighted by molar-refractivity contribution is 0.389. The van der Waals surface area contributed by atoms with Gasteiger partial charge in [-0.2, -0.15) is 8.42 Å². The zero-order valence-electron chi connectivity index (χ0n) is 17.1. The molecule has 3 rings (SSSR count). The predicted octanol–water partition coefficient (Wildman–Crippen LogP) is 5.11. The van der Waals surface area contributed by atoms with E-state index in [0.29, 0.717) is 0 Å². The minimum absolute atomic E-state index is 0.0867. The van der Waals surface area contributed by atoms with Crippen LogP contribution in [0.5, 0.6) is 11.5 Å². The first-order chi connectivity index (χ1) is 14.4. The Bertz CT molecular complexity index is 1060. The SMILES string of the molecule is COc1ccc(C(CCCc2ccc(S(=O)(=O)O)cc2)c2ccccc2)c(OC)c1. The van der Waals surface area contributed by atoms with Crippen molar-refractivity contribution in [2.45, 2.75) is 30.1 Å². The third-order valence-electron chi connectivity index (χ3n) is 5.20. The fourth-order valence-corrected chi connectivity index (χ4v) is 4.11. The molecule has 0 saturated carbocycles. The minimum Gasteiger partial charge on any atom is -0.497 e. The molecule has 0 bridgehead atoms. The molecule has 0 heterocycles. The maximum absolute atomic E-state index is 11.2. The Morgan fingerprint density at radius 1 is 0.900 bits per heavy atom. The molecule has 30 heavy (non-hydrogen) atoms. The van der Waals surface area contributed by atoms with Crippen LogP contribution in [-0.2, 0) is 16.5 Å². The Kier molecular flexibility index (Phi) is 7.13. The van der Waals surface area contributed by atoms with E-state index in [9.17, 15) is 8.42 Å². The standard InChI is InChI=1S/C24H26O5S/c1-28-20-13-16-23(24(17-20)29-2)22(19-8-4-3-5-9-19)10-6-7-18-11-14-21(15-12-18)30(25,26)27/h3-5,8-9,11-17,22H,6-7,10H2,1-2H3,(H,25,26,27). The summed E-state index contributed by atoms with van der Waals surface area (Å²) in [5, 5.41) is 0. The topological polar surface area (TPSA) is 72.8 Å². The van der Waals surface area contributed by atoms with E-state index in [4.69, 9.17) is 14.0 Å². The van der Waals surface area contributed by atoms with Gasteiger partial charge in [0.1, 0.15) is 11.5 Å². The summed E-state index contributed by atoms with van der Waals surface area (Å²) in [6.45, 7) is 0. The Hall–Kier alpha value is -2.83. The summed E-state index contributed by atoms with van der Waals surface area (Å²) in [7, 11) is -0.864. The molecule has 0 aliphatic rings. The van der Waals surface area contributed by atoms with Crippen molar-refractivity contribution >= 4 is 10.1 Å². The van der Waals surface area contributed by atoms with E-state index in [0.717, 1.165) is 41.9 Å². The third kappa shape index (κ3) is 5.40. The number of hydrogen-bond donors (Lipinski definition) is 1. The van der Waals surface area contributed by atoms with Gasteiger partial charge in [0.05, 0.1) is 19.1 Å². The first-order valence-corrected chi connectivity index (χ1v) is 11.2. The van der Waals surface area contributed by atoms with Crippen molar-refractivity contribution < 1.29 is 22.4 Å². The van der Waals surface area contributed by atoms with E-state index < -0.39 is 10.1 Å². The van der Waals surface area contributed by atoms with Gasteiger partial charge in [0.25, 0.3) is 10.1 Å². The highest BCUT2D eigenvalue weighted by Gasteiger charge is 2.19. The molecular weight excluding hydrogens is 400 g/mol. The highest BCUT2D eigenvalue weighted by molar-refractivity contribution is 7.85. The number of methoxy groups -OCH3 is 2. The first-order valence-electron chi connectivity index (χ1n) is 9.75. The molecule has 0 saturated heterocycles. The largest absolute Gasteiger partial charge is 0.497 e. The summed E-state index contributed by atoms with van der Waals surface area (Å²) in [5.74, 6) is 1.70. The second kappa shape index (κ2) is 9.78. The smallest absolute Gasteiger partial charge is 0.294 e. The number of hydrogen-bond acceptors (Lipinski definition) is 4. The Morgan fingerprint density at radius 2 is 1.60 bits per heavy atom. The van der Waals surface area contributed by atoms with Crippen LogP contribution in [0.1, 0.15) is 35.4 Å². The van der Waals surface area contributed by atoms with Gasteiger partial charge in [0.2, 0.25) is 0 Å². The van der Waals surface area contributed by atoms with Crippen LogP contribution in [0, 0.1) is 0 Å². The maximum Gasteiger partial charge on any atom is 0.294 e. The van der Waals surface area contributed by atoms with Gasteiger partial charge in [-0.05, 0) is 48.6 Å². The highest BCUT2D eigenvalue weighted by atomic mass is 32.2. The highest BCUT2D eigenvalue weighted by Crippen LogP contribution is 2.37. The van der Waals surface area contributed by atoms with Crippen LogP contribution in [-0.4, -0.2) is 27.2 Å². The van der Waals surface area contributed by atoms with E-state index in [1.807, 2.05) is 30.3 Å². The van der Waals surface area contributed by atoms with Crippen molar-refractivity contribution in [1.82, 2.24) is 0 Å². The van der Waals surface area contributed by atoms with E-state index in [2.05, 4.69) is 18.2 Å². The molecule has 0 aliphatic carbocycles. The van der Waals surface area contributed by atoms with Crippen molar-refractivity contribution in [3.8, 4) is 11.5 Å². The molecule has 0 aliphatic heterocycles. The van der Waals surface area contributed by atoms with E-state index in [1.54, 1.807) is 26.4 Å². The van der Waals surface area contributed by atoms with E-state index >= 15 is 0 Å². The summed E-state index contributed by atoms with van der Waals surface area (Å²) in [4.78, 5) is -0.0867. The second-order valence-electron chi connectivity index (χ2n) is 7.08. The van der Waals surface area contributed by atoms with Crippen molar-refractivity contribution in [3.63, 3.8) is 0 Å². The van der Waals surface area contributed by atoms with Crippen LogP contribution >= 0.6 is 0 Å². The molecule has 3 aromatic carbocycles. The van der Waals surface area contributed by atoms with Crippen molar-refractivity contribution in [1.29, 1.82) is 0 Å². The van der Waals surface area contributed by atoms with Gasteiger partial charge in [-0.3, -0.25) is 4.55 Å². The summed E-state index contributed by atoms with van der Waals surface area (Å²) >= 11 is 0. The lowest BCUT2D eigenvalue weighted by Gasteiger charge is -2.21. The molecule has 5 nitrogen and oxygen atoms in total. The molecule has 1 unspecified atom stereocenters. The van der Waals surface area contributed by atoms with Crippen LogP contribution in [0.25, 0.3) is 0 Å². The quantitative estimate of drug-likeness (QED) is 0.482. The average molecular weight is 427 g/mol. The summed E-state index contributed by atoms with van der Waals surface area (Å²) < 4.78 is 42.5. The number of benzene rings is 3. The molecule has 1 N–H and O–H groups in total. The summed E-state index contributed by atoms with van der Waals surface area (Å²) in [6.07, 6.45) is 2.60. The Balaban J connectivity index is 1.79. The molecule has 158 valence electrons. The molecule has 0 spiro atoms. The Labute approximate surface area is 178 Å². The van der Waals surface area contributed by atoms with Crippen LogP contribution in [0.3, 0.4) is 0 Å². The van der Waals surface area contributed by atoms with Gasteiger partial charge in [-0.15, -0.1) is 0 Å². The fourth-order valence-electron chi connectivity index (χ4n) is 3.63. The molecule has 0 aromatic heterocycles. The van der Waals surface area contributed by atoms with Gasteiger partial charge in [0.15, 0.2) is 0 Å². The molecular formula is C24H26O5S. The summed E-state index contributed by atoms with van der Waals surface area (Å²) in [5.41, 5.74) is 3.34. The van der Waals surface area contributed by atoms with Gasteiger partial charge in [0, 0.05) is 17.5 Å². The molecule has 0 radical (unpaired) electrons. The van der Waals surface area contributed by atoms with Crippen molar-refractivity contribution in [3.05, 3.63) is 89.5 Å². The predicted molar refractivity (Wildman–Crippen MR) is 117 cm³/mol. The second-order valence-corrected chi connectivity index (χ2v) is 8.50. The van der Waals surface area contributed by atoms with Crippen LogP contribution in [0.15, 0.2) is 77.7 Å². The lowest BCUT2D eigenvalue weighted by Crippen LogP contribution is -2.05. The van der Waals surface area contributed by atoms with Crippen LogP contribution < -0.4 is 9.47 Å². The Morgan fingerprint density at radius 3 is 2.20 bits per heavy atom. The molecule has 0 fully saturated rings. The van der Waals surface area contributed by atoms with Crippen molar-refractivity contribution in [2.75, 3.05) is 14.2 Å². The van der Waals surface area contributed by atoms with Gasteiger partial charge >= 0.3 is 0 Å². The van der Waals surface area contributed by atoms with E-state index in [-0.39, 0.29) is 10.8 Å². The molecule has 3 aromatic rings. The zero-order valence-corrected chi connectivity index (χ0v) is 17.9. The van der Waals surface area contributed by atoms with E-state index in [1.165, 1.54) is 17.7 Å². The summed E-state index contributed by atoms with van der Waals surface area (Å²) in [6, 6.07) is 22.6. The molecule has 1 atom stereocenters. The molecule has 6 heteroatoms. The van der Waals surface area contributed by atoms with Gasteiger partial charge in [-0.25, -0.2) is 0 Å². The maximum atomic E-state index is 11.2. The lowest BCUT2D eigenvalue weighted by atomic mass is 9.86. The van der Waals surface area contributed by atoms with Crippen LogP contribution in [0.4, 0.5) is 0 Å².